The molecule has 0 aliphatic carbocycles. The lowest BCUT2D eigenvalue weighted by atomic mass is 10.0. The zero-order valence-electron chi connectivity index (χ0n) is 37.1. The standard InChI is InChI=1S/C51H96O3S/c1-2-3-4-5-6-7-8-9-10-11-12-13-14-15-16-17-18-19-20-21-22-23-24-25-26-27-28-29-30-31-32-33-34-35-36-37-38-39-40-41-42-43-44-45-50-46-48-51(49-47-50)55(52,53)54/h46-49H,2-45H2,1H3,(H,52,53,54). The minimum atomic E-state index is -4.08. The highest BCUT2D eigenvalue weighted by molar-refractivity contribution is 7.85. The summed E-state index contributed by atoms with van der Waals surface area (Å²) in [7, 11) is -4.08. The lowest BCUT2D eigenvalue weighted by Gasteiger charge is -2.05. The van der Waals surface area contributed by atoms with E-state index in [0.717, 1.165) is 18.4 Å². The fourth-order valence-electron chi connectivity index (χ4n) is 8.48. The van der Waals surface area contributed by atoms with E-state index in [0.29, 0.717) is 0 Å². The SMILES string of the molecule is CCCCCCCCCCCCCCCCCCCCCCCCCCCCCCCCCCCCCCCCCCCCCc1ccc(S(=O)(=O)O)cc1. The van der Waals surface area contributed by atoms with Crippen LogP contribution < -0.4 is 0 Å². The maximum absolute atomic E-state index is 11.1. The zero-order valence-corrected chi connectivity index (χ0v) is 37.9. The van der Waals surface area contributed by atoms with Crippen LogP contribution >= 0.6 is 0 Å². The van der Waals surface area contributed by atoms with Gasteiger partial charge in [0.25, 0.3) is 10.1 Å². The fourth-order valence-corrected chi connectivity index (χ4v) is 8.96. The molecule has 1 N–H and O–H groups in total. The molecule has 55 heavy (non-hydrogen) atoms. The van der Waals surface area contributed by atoms with Crippen LogP contribution in [0.3, 0.4) is 0 Å². The molecule has 0 saturated carbocycles. The van der Waals surface area contributed by atoms with Crippen molar-refractivity contribution in [2.45, 2.75) is 294 Å². The van der Waals surface area contributed by atoms with Gasteiger partial charge in [0.05, 0.1) is 4.90 Å². The molecule has 0 spiro atoms. The summed E-state index contributed by atoms with van der Waals surface area (Å²) in [6.07, 6.45) is 62.9. The van der Waals surface area contributed by atoms with Crippen molar-refractivity contribution in [3.63, 3.8) is 0 Å². The normalized spacial score (nSPS) is 11.9. The molecule has 0 saturated heterocycles. The molecule has 3 nitrogen and oxygen atoms in total. The Hall–Kier alpha value is -0.870. The minimum Gasteiger partial charge on any atom is -0.282 e. The van der Waals surface area contributed by atoms with Gasteiger partial charge in [-0.3, -0.25) is 4.55 Å². The van der Waals surface area contributed by atoms with Crippen molar-refractivity contribution in [2.75, 3.05) is 0 Å². The Morgan fingerprint density at radius 1 is 0.309 bits per heavy atom. The predicted molar refractivity (Wildman–Crippen MR) is 244 cm³/mol. The third-order valence-corrected chi connectivity index (χ3v) is 13.2. The summed E-state index contributed by atoms with van der Waals surface area (Å²) in [5.41, 5.74) is 1.14. The average molecular weight is 789 g/mol. The number of hydrogen-bond acceptors (Lipinski definition) is 2. The number of aryl methyl sites for hydroxylation is 1. The lowest BCUT2D eigenvalue weighted by molar-refractivity contribution is 0.483. The second kappa shape index (κ2) is 41.3. The van der Waals surface area contributed by atoms with Gasteiger partial charge in [0.2, 0.25) is 0 Å². The first-order chi connectivity index (χ1) is 27.0. The molecular weight excluding hydrogens is 693 g/mol. The second-order valence-electron chi connectivity index (χ2n) is 17.7. The van der Waals surface area contributed by atoms with E-state index in [-0.39, 0.29) is 4.90 Å². The van der Waals surface area contributed by atoms with Crippen molar-refractivity contribution in [3.8, 4) is 0 Å². The van der Waals surface area contributed by atoms with E-state index >= 15 is 0 Å². The molecule has 0 aliphatic rings. The first-order valence-electron chi connectivity index (χ1n) is 25.1. The Morgan fingerprint density at radius 3 is 0.673 bits per heavy atom. The first kappa shape index (κ1) is 52.1. The summed E-state index contributed by atoms with van der Waals surface area (Å²) in [4.78, 5) is -0.0199. The van der Waals surface area contributed by atoms with E-state index in [1.807, 2.05) is 12.1 Å². The molecular formula is C51H96O3S. The van der Waals surface area contributed by atoms with Gasteiger partial charge in [0, 0.05) is 0 Å². The molecule has 1 rings (SSSR count). The Morgan fingerprint density at radius 2 is 0.491 bits per heavy atom. The van der Waals surface area contributed by atoms with Crippen LogP contribution in [0, 0.1) is 0 Å². The molecule has 0 unspecified atom stereocenters. The van der Waals surface area contributed by atoms with Gasteiger partial charge < -0.3 is 0 Å². The summed E-state index contributed by atoms with van der Waals surface area (Å²) in [6, 6.07) is 6.62. The Kier molecular flexibility index (Phi) is 39.2. The summed E-state index contributed by atoms with van der Waals surface area (Å²) in [6.45, 7) is 2.31. The Balaban J connectivity index is 1.64. The molecule has 0 bridgehead atoms. The van der Waals surface area contributed by atoms with Crippen LogP contribution in [0.1, 0.15) is 289 Å². The topological polar surface area (TPSA) is 54.4 Å². The van der Waals surface area contributed by atoms with Gasteiger partial charge in [0.1, 0.15) is 0 Å². The van der Waals surface area contributed by atoms with Crippen LogP contribution in [0.5, 0.6) is 0 Å². The Labute approximate surface area is 345 Å². The molecule has 0 radical (unpaired) electrons. The summed E-state index contributed by atoms with van der Waals surface area (Å²) >= 11 is 0. The van der Waals surface area contributed by atoms with Gasteiger partial charge in [0.15, 0.2) is 0 Å². The average Bonchev–Trinajstić information content (AvgIpc) is 3.18. The van der Waals surface area contributed by atoms with Gasteiger partial charge in [-0.05, 0) is 30.5 Å². The van der Waals surface area contributed by atoms with Crippen molar-refractivity contribution in [1.29, 1.82) is 0 Å². The van der Waals surface area contributed by atoms with Crippen molar-refractivity contribution >= 4 is 10.1 Å². The first-order valence-corrected chi connectivity index (χ1v) is 26.5. The smallest absolute Gasteiger partial charge is 0.282 e. The summed E-state index contributed by atoms with van der Waals surface area (Å²) in [5, 5.41) is 0. The van der Waals surface area contributed by atoms with Gasteiger partial charge in [-0.1, -0.05) is 289 Å². The highest BCUT2D eigenvalue weighted by Crippen LogP contribution is 2.19. The number of hydrogen-bond donors (Lipinski definition) is 1. The van der Waals surface area contributed by atoms with Crippen molar-refractivity contribution < 1.29 is 13.0 Å². The molecule has 1 aromatic rings. The van der Waals surface area contributed by atoms with E-state index in [1.54, 1.807) is 0 Å². The highest BCUT2D eigenvalue weighted by atomic mass is 32.2. The fraction of sp³-hybridized carbons (Fsp3) is 0.882. The Bertz CT molecular complexity index is 988. The van der Waals surface area contributed by atoms with Gasteiger partial charge in [-0.15, -0.1) is 0 Å². The summed E-state index contributed by atoms with van der Waals surface area (Å²) < 4.78 is 31.3. The predicted octanol–water partition coefficient (Wildman–Crippen LogP) is 18.3. The van der Waals surface area contributed by atoms with Crippen LogP contribution in [-0.4, -0.2) is 13.0 Å². The van der Waals surface area contributed by atoms with E-state index in [1.165, 1.54) is 282 Å². The molecule has 0 heterocycles. The van der Waals surface area contributed by atoms with Crippen molar-refractivity contribution in [1.82, 2.24) is 0 Å². The van der Waals surface area contributed by atoms with Crippen LogP contribution in [0.2, 0.25) is 0 Å². The van der Waals surface area contributed by atoms with Gasteiger partial charge in [-0.2, -0.15) is 8.42 Å². The van der Waals surface area contributed by atoms with Crippen LogP contribution in [0.15, 0.2) is 29.2 Å². The van der Waals surface area contributed by atoms with Gasteiger partial charge in [-0.25, -0.2) is 0 Å². The van der Waals surface area contributed by atoms with Crippen LogP contribution in [-0.2, 0) is 16.5 Å². The largest absolute Gasteiger partial charge is 0.294 e. The molecule has 0 aliphatic heterocycles. The van der Waals surface area contributed by atoms with Gasteiger partial charge >= 0.3 is 0 Å². The van der Waals surface area contributed by atoms with E-state index in [2.05, 4.69) is 6.92 Å². The van der Waals surface area contributed by atoms with E-state index < -0.39 is 10.1 Å². The molecule has 4 heteroatoms. The zero-order chi connectivity index (χ0) is 39.6. The molecule has 0 aromatic heterocycles. The highest BCUT2D eigenvalue weighted by Gasteiger charge is 2.08. The maximum atomic E-state index is 11.1. The number of rotatable bonds is 45. The monoisotopic (exact) mass is 789 g/mol. The van der Waals surface area contributed by atoms with Crippen molar-refractivity contribution in [3.05, 3.63) is 29.8 Å². The second-order valence-corrected chi connectivity index (χ2v) is 19.1. The molecule has 0 atom stereocenters. The quantitative estimate of drug-likeness (QED) is 0.0529. The lowest BCUT2D eigenvalue weighted by Crippen LogP contribution is -1.98. The van der Waals surface area contributed by atoms with E-state index in [4.69, 9.17) is 4.55 Å². The minimum absolute atomic E-state index is 0.0199. The van der Waals surface area contributed by atoms with E-state index in [9.17, 15) is 8.42 Å². The molecule has 0 fully saturated rings. The molecule has 0 amide bonds. The van der Waals surface area contributed by atoms with Crippen LogP contribution in [0.4, 0.5) is 0 Å². The van der Waals surface area contributed by atoms with Crippen molar-refractivity contribution in [2.24, 2.45) is 0 Å². The summed E-state index contributed by atoms with van der Waals surface area (Å²) in [5.74, 6) is 0. The molecule has 324 valence electrons. The third-order valence-electron chi connectivity index (χ3n) is 12.3. The number of unbranched alkanes of at least 4 members (excludes halogenated alkanes) is 42. The maximum Gasteiger partial charge on any atom is 0.294 e. The third kappa shape index (κ3) is 38.4. The number of benzene rings is 1. The molecule has 1 aromatic carbocycles. The van der Waals surface area contributed by atoms with Crippen LogP contribution in [0.25, 0.3) is 0 Å².